The maximum absolute atomic E-state index is 5.42. The summed E-state index contributed by atoms with van der Waals surface area (Å²) in [5.74, 6) is 1.89. The van der Waals surface area contributed by atoms with E-state index in [1.807, 2.05) is 18.3 Å². The van der Waals surface area contributed by atoms with Gasteiger partial charge in [0.2, 0.25) is 0 Å². The Balaban J connectivity index is 1.71. The average molecular weight is 247 g/mol. The fourth-order valence-corrected chi connectivity index (χ4v) is 2.67. The highest BCUT2D eigenvalue weighted by Crippen LogP contribution is 2.31. The van der Waals surface area contributed by atoms with Gasteiger partial charge in [0, 0.05) is 31.4 Å². The van der Waals surface area contributed by atoms with Crippen molar-refractivity contribution in [2.75, 3.05) is 25.1 Å². The van der Waals surface area contributed by atoms with Crippen LogP contribution in [-0.4, -0.2) is 37.3 Å². The molecule has 1 saturated carbocycles. The fourth-order valence-electron chi connectivity index (χ4n) is 2.67. The van der Waals surface area contributed by atoms with Crippen LogP contribution in [0.15, 0.2) is 18.3 Å². The second-order valence-corrected chi connectivity index (χ2v) is 5.20. The van der Waals surface area contributed by atoms with Crippen molar-refractivity contribution < 1.29 is 4.74 Å². The molecular weight excluding hydrogens is 226 g/mol. The van der Waals surface area contributed by atoms with E-state index in [1.165, 1.54) is 25.7 Å². The quantitative estimate of drug-likeness (QED) is 0.861. The van der Waals surface area contributed by atoms with E-state index >= 15 is 0 Å². The third-order valence-electron chi connectivity index (χ3n) is 3.84. The topological polar surface area (TPSA) is 37.4 Å². The molecule has 1 aromatic heterocycles. The van der Waals surface area contributed by atoms with Gasteiger partial charge in [0.15, 0.2) is 11.6 Å². The molecule has 1 unspecified atom stereocenters. The fraction of sp³-hybridized carbons (Fsp3) is 0.643. The molecule has 2 aliphatic rings. The van der Waals surface area contributed by atoms with Crippen LogP contribution in [0.4, 0.5) is 5.82 Å². The highest BCUT2D eigenvalue weighted by Gasteiger charge is 2.29. The number of nitrogens with zero attached hydrogens (tertiary/aromatic N) is 2. The monoisotopic (exact) mass is 247 g/mol. The number of methoxy groups -OCH3 is 1. The van der Waals surface area contributed by atoms with Gasteiger partial charge in [0.1, 0.15) is 0 Å². The number of rotatable bonds is 5. The predicted octanol–water partition coefficient (Wildman–Crippen LogP) is 1.81. The number of aromatic nitrogens is 1. The van der Waals surface area contributed by atoms with E-state index in [0.717, 1.165) is 30.7 Å². The second-order valence-electron chi connectivity index (χ2n) is 5.20. The SMILES string of the molecule is COc1cccnc1N1CCCC1CNC1CC1. The Labute approximate surface area is 108 Å². The predicted molar refractivity (Wildman–Crippen MR) is 72.2 cm³/mol. The highest BCUT2D eigenvalue weighted by molar-refractivity contribution is 5.53. The minimum Gasteiger partial charge on any atom is -0.493 e. The molecule has 0 bridgehead atoms. The lowest BCUT2D eigenvalue weighted by Crippen LogP contribution is -2.39. The van der Waals surface area contributed by atoms with Crippen LogP contribution >= 0.6 is 0 Å². The van der Waals surface area contributed by atoms with Crippen LogP contribution < -0.4 is 15.0 Å². The van der Waals surface area contributed by atoms with Crippen molar-refractivity contribution in [2.24, 2.45) is 0 Å². The van der Waals surface area contributed by atoms with E-state index in [-0.39, 0.29) is 0 Å². The summed E-state index contributed by atoms with van der Waals surface area (Å²) in [7, 11) is 1.72. The van der Waals surface area contributed by atoms with E-state index in [2.05, 4.69) is 15.2 Å². The Hall–Kier alpha value is -1.29. The number of anilines is 1. The van der Waals surface area contributed by atoms with Crippen molar-refractivity contribution in [1.82, 2.24) is 10.3 Å². The first-order valence-electron chi connectivity index (χ1n) is 6.87. The second kappa shape index (κ2) is 5.14. The van der Waals surface area contributed by atoms with E-state index in [9.17, 15) is 0 Å². The third-order valence-corrected chi connectivity index (χ3v) is 3.84. The molecule has 1 aliphatic carbocycles. The van der Waals surface area contributed by atoms with Gasteiger partial charge in [-0.2, -0.15) is 0 Å². The summed E-state index contributed by atoms with van der Waals surface area (Å²) in [6.07, 6.45) is 7.04. The molecule has 18 heavy (non-hydrogen) atoms. The molecule has 1 atom stereocenters. The largest absolute Gasteiger partial charge is 0.493 e. The van der Waals surface area contributed by atoms with Crippen LogP contribution in [-0.2, 0) is 0 Å². The van der Waals surface area contributed by atoms with Crippen molar-refractivity contribution in [2.45, 2.75) is 37.8 Å². The Morgan fingerprint density at radius 2 is 2.33 bits per heavy atom. The number of ether oxygens (including phenoxy) is 1. The van der Waals surface area contributed by atoms with Gasteiger partial charge in [-0.1, -0.05) is 0 Å². The first kappa shape index (κ1) is 11.8. The first-order valence-corrected chi connectivity index (χ1v) is 6.87. The smallest absolute Gasteiger partial charge is 0.171 e. The molecule has 4 heteroatoms. The van der Waals surface area contributed by atoms with Crippen molar-refractivity contribution in [3.63, 3.8) is 0 Å². The zero-order valence-corrected chi connectivity index (χ0v) is 10.9. The maximum atomic E-state index is 5.42. The van der Waals surface area contributed by atoms with Gasteiger partial charge < -0.3 is 15.0 Å². The van der Waals surface area contributed by atoms with Crippen LogP contribution in [0.2, 0.25) is 0 Å². The zero-order valence-electron chi connectivity index (χ0n) is 10.9. The first-order chi connectivity index (χ1) is 8.88. The molecule has 0 amide bonds. The van der Waals surface area contributed by atoms with Crippen molar-refractivity contribution >= 4 is 5.82 Å². The van der Waals surface area contributed by atoms with Crippen LogP contribution in [0.3, 0.4) is 0 Å². The van der Waals surface area contributed by atoms with Crippen molar-refractivity contribution in [3.05, 3.63) is 18.3 Å². The van der Waals surface area contributed by atoms with Crippen LogP contribution in [0.1, 0.15) is 25.7 Å². The van der Waals surface area contributed by atoms with Gasteiger partial charge in [-0.15, -0.1) is 0 Å². The zero-order chi connectivity index (χ0) is 12.4. The third kappa shape index (κ3) is 2.43. The molecule has 1 saturated heterocycles. The summed E-state index contributed by atoms with van der Waals surface area (Å²) < 4.78 is 5.42. The minimum atomic E-state index is 0.564. The molecule has 3 rings (SSSR count). The van der Waals surface area contributed by atoms with Crippen LogP contribution in [0.25, 0.3) is 0 Å². The van der Waals surface area contributed by atoms with E-state index in [0.29, 0.717) is 6.04 Å². The van der Waals surface area contributed by atoms with Gasteiger partial charge in [-0.05, 0) is 37.8 Å². The number of nitrogens with one attached hydrogen (secondary N) is 1. The van der Waals surface area contributed by atoms with Gasteiger partial charge >= 0.3 is 0 Å². The Kier molecular flexibility index (Phi) is 3.37. The lowest BCUT2D eigenvalue weighted by molar-refractivity contribution is 0.411. The van der Waals surface area contributed by atoms with Crippen LogP contribution in [0, 0.1) is 0 Å². The Morgan fingerprint density at radius 1 is 1.44 bits per heavy atom. The van der Waals surface area contributed by atoms with Gasteiger partial charge in [0.05, 0.1) is 7.11 Å². The van der Waals surface area contributed by atoms with E-state index < -0.39 is 0 Å². The normalized spacial score (nSPS) is 23.4. The number of pyridine rings is 1. The summed E-state index contributed by atoms with van der Waals surface area (Å²) in [4.78, 5) is 6.89. The molecule has 98 valence electrons. The van der Waals surface area contributed by atoms with Crippen molar-refractivity contribution in [1.29, 1.82) is 0 Å². The average Bonchev–Trinajstić information content (AvgIpc) is 3.13. The summed E-state index contributed by atoms with van der Waals surface area (Å²) >= 11 is 0. The lowest BCUT2D eigenvalue weighted by Gasteiger charge is -2.27. The highest BCUT2D eigenvalue weighted by atomic mass is 16.5. The molecular formula is C14H21N3O. The minimum absolute atomic E-state index is 0.564. The molecule has 0 spiro atoms. The molecule has 1 aliphatic heterocycles. The van der Waals surface area contributed by atoms with Crippen molar-refractivity contribution in [3.8, 4) is 5.75 Å². The molecule has 2 heterocycles. The lowest BCUT2D eigenvalue weighted by atomic mass is 10.2. The van der Waals surface area contributed by atoms with E-state index in [1.54, 1.807) is 7.11 Å². The summed E-state index contributed by atoms with van der Waals surface area (Å²) in [6.45, 7) is 2.16. The summed E-state index contributed by atoms with van der Waals surface area (Å²) in [6, 6.07) is 5.26. The van der Waals surface area contributed by atoms with Gasteiger partial charge in [-0.3, -0.25) is 0 Å². The molecule has 1 N–H and O–H groups in total. The van der Waals surface area contributed by atoms with E-state index in [4.69, 9.17) is 4.74 Å². The maximum Gasteiger partial charge on any atom is 0.171 e. The standard InChI is InChI=1S/C14H21N3O/c1-18-13-5-2-8-15-14(13)17-9-3-4-12(17)10-16-11-6-7-11/h2,5,8,11-12,16H,3-4,6-7,9-10H2,1H3. The number of hydrogen-bond acceptors (Lipinski definition) is 4. The Morgan fingerprint density at radius 3 is 3.11 bits per heavy atom. The molecule has 2 fully saturated rings. The molecule has 4 nitrogen and oxygen atoms in total. The summed E-state index contributed by atoms with van der Waals surface area (Å²) in [5, 5.41) is 3.63. The molecule has 0 aromatic carbocycles. The van der Waals surface area contributed by atoms with Crippen LogP contribution in [0.5, 0.6) is 5.75 Å². The van der Waals surface area contributed by atoms with Gasteiger partial charge in [-0.25, -0.2) is 4.98 Å². The Bertz CT molecular complexity index is 406. The number of hydrogen-bond donors (Lipinski definition) is 1. The molecule has 1 aromatic rings. The van der Waals surface area contributed by atoms with Gasteiger partial charge in [0.25, 0.3) is 0 Å². The molecule has 0 radical (unpaired) electrons. The summed E-state index contributed by atoms with van der Waals surface area (Å²) in [5.41, 5.74) is 0.